The van der Waals surface area contributed by atoms with Crippen molar-refractivity contribution in [3.63, 3.8) is 0 Å². The Morgan fingerprint density at radius 2 is 2.27 bits per heavy atom. The average Bonchev–Trinajstić information content (AvgIpc) is 2.32. The van der Waals surface area contributed by atoms with Gasteiger partial charge in [0.25, 0.3) is 0 Å². The minimum atomic E-state index is 0.846. The first-order valence-electron chi connectivity index (χ1n) is 3.77. The molecule has 0 saturated heterocycles. The molecule has 0 aromatic heterocycles. The number of anilines is 1. The summed E-state index contributed by atoms with van der Waals surface area (Å²) in [6.45, 7) is 1.12. The lowest BCUT2D eigenvalue weighted by molar-refractivity contribution is 0.956. The fraction of sp³-hybridized carbons (Fsp3) is 0.333. The highest BCUT2D eigenvalue weighted by Crippen LogP contribution is 2.28. The maximum atomic E-state index is 5.85. The van der Waals surface area contributed by atoms with Crippen molar-refractivity contribution < 1.29 is 0 Å². The number of benzene rings is 1. The van der Waals surface area contributed by atoms with Crippen LogP contribution in [0.4, 0.5) is 5.69 Å². The van der Waals surface area contributed by atoms with Crippen molar-refractivity contribution in [3.05, 3.63) is 28.8 Å². The van der Waals surface area contributed by atoms with E-state index >= 15 is 0 Å². The number of hydrogen-bond donors (Lipinski definition) is 0. The van der Waals surface area contributed by atoms with Crippen LogP contribution < -0.4 is 4.90 Å². The van der Waals surface area contributed by atoms with E-state index in [1.54, 1.807) is 0 Å². The summed E-state index contributed by atoms with van der Waals surface area (Å²) in [5.41, 5.74) is 2.70. The van der Waals surface area contributed by atoms with E-state index in [1.165, 1.54) is 11.3 Å². The Balaban J connectivity index is 2.50. The van der Waals surface area contributed by atoms with E-state index < -0.39 is 0 Å². The van der Waals surface area contributed by atoms with Gasteiger partial charge in [0.2, 0.25) is 0 Å². The van der Waals surface area contributed by atoms with Crippen LogP contribution >= 0.6 is 11.6 Å². The number of likely N-dealkylation sites (N-methyl/N-ethyl adjacent to an activating group) is 1. The maximum absolute atomic E-state index is 5.85. The van der Waals surface area contributed by atoms with Crippen molar-refractivity contribution >= 4 is 17.3 Å². The fourth-order valence-electron chi connectivity index (χ4n) is 1.54. The Morgan fingerprint density at radius 3 is 3.09 bits per heavy atom. The summed E-state index contributed by atoms with van der Waals surface area (Å²) in [4.78, 5) is 2.26. The molecule has 1 aliphatic heterocycles. The molecule has 2 rings (SSSR count). The Kier molecular flexibility index (Phi) is 1.53. The minimum Gasteiger partial charge on any atom is -0.374 e. The third-order valence-electron chi connectivity index (χ3n) is 2.17. The predicted molar refractivity (Wildman–Crippen MR) is 48.4 cm³/mol. The maximum Gasteiger partial charge on any atom is 0.0410 e. The van der Waals surface area contributed by atoms with Crippen LogP contribution in [-0.2, 0) is 6.42 Å². The van der Waals surface area contributed by atoms with Gasteiger partial charge in [-0.3, -0.25) is 0 Å². The summed E-state index contributed by atoms with van der Waals surface area (Å²) in [6.07, 6.45) is 1.13. The first-order chi connectivity index (χ1) is 5.27. The fourth-order valence-corrected chi connectivity index (χ4v) is 1.73. The quantitative estimate of drug-likeness (QED) is 0.574. The van der Waals surface area contributed by atoms with Gasteiger partial charge in [-0.25, -0.2) is 0 Å². The molecular formula is C9H10ClN. The van der Waals surface area contributed by atoms with Crippen molar-refractivity contribution in [2.24, 2.45) is 0 Å². The van der Waals surface area contributed by atoms with Crippen LogP contribution in [0.15, 0.2) is 18.2 Å². The van der Waals surface area contributed by atoms with Gasteiger partial charge in [0.1, 0.15) is 0 Å². The molecule has 0 fully saturated rings. The number of nitrogens with zero attached hydrogens (tertiary/aromatic N) is 1. The van der Waals surface area contributed by atoms with Crippen LogP contribution in [-0.4, -0.2) is 13.6 Å². The van der Waals surface area contributed by atoms with Crippen molar-refractivity contribution in [1.29, 1.82) is 0 Å². The monoisotopic (exact) mass is 167 g/mol. The molecule has 1 aromatic rings. The summed E-state index contributed by atoms with van der Waals surface area (Å²) >= 11 is 5.85. The average molecular weight is 168 g/mol. The Morgan fingerprint density at radius 1 is 1.45 bits per heavy atom. The number of rotatable bonds is 0. The molecule has 0 unspecified atom stereocenters. The van der Waals surface area contributed by atoms with E-state index in [-0.39, 0.29) is 0 Å². The third kappa shape index (κ3) is 1.10. The molecule has 0 N–H and O–H groups in total. The molecule has 0 aliphatic carbocycles. The van der Waals surface area contributed by atoms with E-state index in [2.05, 4.69) is 24.1 Å². The zero-order valence-corrected chi connectivity index (χ0v) is 7.23. The first kappa shape index (κ1) is 6.99. The van der Waals surface area contributed by atoms with Gasteiger partial charge in [-0.2, -0.15) is 0 Å². The molecule has 0 spiro atoms. The second-order valence-electron chi connectivity index (χ2n) is 2.94. The Labute approximate surface area is 71.6 Å². The standard InChI is InChI=1S/C9H10ClN/c1-11-5-4-7-6-8(10)2-3-9(7)11/h2-3,6H,4-5H2,1H3. The molecule has 1 heterocycles. The molecule has 0 amide bonds. The molecule has 0 bridgehead atoms. The molecule has 1 aromatic carbocycles. The van der Waals surface area contributed by atoms with Crippen LogP contribution in [0.25, 0.3) is 0 Å². The van der Waals surface area contributed by atoms with Crippen molar-refractivity contribution in [2.45, 2.75) is 6.42 Å². The van der Waals surface area contributed by atoms with Crippen LogP contribution in [0.1, 0.15) is 5.56 Å². The zero-order valence-electron chi connectivity index (χ0n) is 6.47. The molecule has 58 valence electrons. The largest absolute Gasteiger partial charge is 0.374 e. The second-order valence-corrected chi connectivity index (χ2v) is 3.38. The van der Waals surface area contributed by atoms with E-state index in [9.17, 15) is 0 Å². The van der Waals surface area contributed by atoms with Gasteiger partial charge in [0, 0.05) is 24.3 Å². The summed E-state index contributed by atoms with van der Waals surface area (Å²) in [5, 5.41) is 0.846. The number of halogens is 1. The van der Waals surface area contributed by atoms with Crippen LogP contribution in [0, 0.1) is 0 Å². The van der Waals surface area contributed by atoms with Gasteiger partial charge in [-0.05, 0) is 30.2 Å². The smallest absolute Gasteiger partial charge is 0.0410 e. The van der Waals surface area contributed by atoms with Crippen LogP contribution in [0.5, 0.6) is 0 Å². The van der Waals surface area contributed by atoms with E-state index in [0.29, 0.717) is 0 Å². The van der Waals surface area contributed by atoms with Crippen molar-refractivity contribution in [2.75, 3.05) is 18.5 Å². The Bertz CT molecular complexity index is 283. The number of hydrogen-bond acceptors (Lipinski definition) is 1. The van der Waals surface area contributed by atoms with Crippen LogP contribution in [0.2, 0.25) is 5.02 Å². The third-order valence-corrected chi connectivity index (χ3v) is 2.40. The number of fused-ring (bicyclic) bond motifs is 1. The zero-order chi connectivity index (χ0) is 7.84. The van der Waals surface area contributed by atoms with Crippen molar-refractivity contribution in [1.82, 2.24) is 0 Å². The predicted octanol–water partition coefficient (Wildman–Crippen LogP) is 2.33. The van der Waals surface area contributed by atoms with Gasteiger partial charge < -0.3 is 4.90 Å². The summed E-state index contributed by atoms with van der Waals surface area (Å²) in [7, 11) is 2.11. The van der Waals surface area contributed by atoms with Crippen molar-refractivity contribution in [3.8, 4) is 0 Å². The normalized spacial score (nSPS) is 15.3. The molecule has 0 radical (unpaired) electrons. The highest BCUT2D eigenvalue weighted by Gasteiger charge is 2.14. The van der Waals surface area contributed by atoms with Gasteiger partial charge in [0.05, 0.1) is 0 Å². The summed E-state index contributed by atoms with van der Waals surface area (Å²) in [5.74, 6) is 0. The van der Waals surface area contributed by atoms with E-state index in [4.69, 9.17) is 11.6 Å². The molecule has 0 atom stereocenters. The topological polar surface area (TPSA) is 3.24 Å². The Hall–Kier alpha value is -0.690. The molecule has 11 heavy (non-hydrogen) atoms. The molecule has 0 saturated carbocycles. The van der Waals surface area contributed by atoms with Gasteiger partial charge >= 0.3 is 0 Å². The van der Waals surface area contributed by atoms with Gasteiger partial charge in [-0.1, -0.05) is 11.6 Å². The van der Waals surface area contributed by atoms with Gasteiger partial charge in [-0.15, -0.1) is 0 Å². The summed E-state index contributed by atoms with van der Waals surface area (Å²) in [6, 6.07) is 6.09. The lowest BCUT2D eigenvalue weighted by Gasteiger charge is -2.10. The molecule has 1 aliphatic rings. The van der Waals surface area contributed by atoms with E-state index in [1.807, 2.05) is 6.07 Å². The van der Waals surface area contributed by atoms with Gasteiger partial charge in [0.15, 0.2) is 0 Å². The summed E-state index contributed by atoms with van der Waals surface area (Å²) < 4.78 is 0. The lowest BCUT2D eigenvalue weighted by Crippen LogP contribution is -2.12. The first-order valence-corrected chi connectivity index (χ1v) is 4.15. The SMILES string of the molecule is CN1CCc2cc(Cl)ccc21. The highest BCUT2D eigenvalue weighted by molar-refractivity contribution is 6.30. The van der Waals surface area contributed by atoms with E-state index in [0.717, 1.165) is 18.0 Å². The minimum absolute atomic E-state index is 0.846. The van der Waals surface area contributed by atoms with Crippen LogP contribution in [0.3, 0.4) is 0 Å². The lowest BCUT2D eigenvalue weighted by atomic mass is 10.2. The highest BCUT2D eigenvalue weighted by atomic mass is 35.5. The molecule has 2 heteroatoms. The second kappa shape index (κ2) is 2.42. The molecular weight excluding hydrogens is 158 g/mol. The molecule has 1 nitrogen and oxygen atoms in total.